The summed E-state index contributed by atoms with van der Waals surface area (Å²) in [7, 11) is 1.88. The predicted octanol–water partition coefficient (Wildman–Crippen LogP) is 2.77. The number of carbonyl (C=O) groups is 1. The Hall–Kier alpha value is -2.30. The molecule has 1 fully saturated rings. The fourth-order valence-electron chi connectivity index (χ4n) is 2.71. The van der Waals surface area contributed by atoms with Crippen LogP contribution in [0.3, 0.4) is 0 Å². The Kier molecular flexibility index (Phi) is 4.42. The molecule has 22 heavy (non-hydrogen) atoms. The van der Waals surface area contributed by atoms with E-state index in [4.69, 9.17) is 4.74 Å². The molecule has 0 aliphatic carbocycles. The SMILES string of the molecule is Cn1ccnc1COC(=O)c1ccc(N2CCCCC2)cc1. The minimum Gasteiger partial charge on any atom is -0.454 e. The van der Waals surface area contributed by atoms with E-state index in [-0.39, 0.29) is 12.6 Å². The van der Waals surface area contributed by atoms with Gasteiger partial charge in [0.2, 0.25) is 0 Å². The van der Waals surface area contributed by atoms with Crippen molar-refractivity contribution in [2.24, 2.45) is 7.05 Å². The van der Waals surface area contributed by atoms with Crippen LogP contribution in [0.2, 0.25) is 0 Å². The lowest BCUT2D eigenvalue weighted by Crippen LogP contribution is -2.29. The number of rotatable bonds is 4. The zero-order valence-electron chi connectivity index (χ0n) is 12.9. The molecule has 1 aliphatic rings. The Morgan fingerprint density at radius 2 is 1.91 bits per heavy atom. The maximum atomic E-state index is 12.1. The average Bonchev–Trinajstić information content (AvgIpc) is 2.99. The van der Waals surface area contributed by atoms with Crippen LogP contribution in [0.15, 0.2) is 36.7 Å². The highest BCUT2D eigenvalue weighted by Crippen LogP contribution is 2.20. The number of aryl methyl sites for hydroxylation is 1. The van der Waals surface area contributed by atoms with E-state index >= 15 is 0 Å². The molecule has 0 saturated carbocycles. The summed E-state index contributed by atoms with van der Waals surface area (Å²) in [6.45, 7) is 2.39. The first-order valence-corrected chi connectivity index (χ1v) is 7.72. The maximum absolute atomic E-state index is 12.1. The summed E-state index contributed by atoms with van der Waals surface area (Å²) in [4.78, 5) is 18.6. The first kappa shape index (κ1) is 14.6. The molecule has 0 unspecified atom stereocenters. The number of aromatic nitrogens is 2. The molecule has 0 spiro atoms. The van der Waals surface area contributed by atoms with Gasteiger partial charge in [0.25, 0.3) is 0 Å². The number of carbonyl (C=O) groups excluding carboxylic acids is 1. The van der Waals surface area contributed by atoms with Crippen LogP contribution >= 0.6 is 0 Å². The van der Waals surface area contributed by atoms with E-state index in [1.165, 1.54) is 24.9 Å². The van der Waals surface area contributed by atoms with E-state index in [0.29, 0.717) is 5.56 Å². The number of nitrogens with zero attached hydrogens (tertiary/aromatic N) is 3. The van der Waals surface area contributed by atoms with Gasteiger partial charge in [0, 0.05) is 38.2 Å². The van der Waals surface area contributed by atoms with Crippen LogP contribution in [0.5, 0.6) is 0 Å². The highest BCUT2D eigenvalue weighted by atomic mass is 16.5. The molecule has 1 aliphatic heterocycles. The Morgan fingerprint density at radius 1 is 1.18 bits per heavy atom. The molecule has 3 rings (SSSR count). The molecule has 0 amide bonds. The zero-order valence-corrected chi connectivity index (χ0v) is 12.9. The summed E-state index contributed by atoms with van der Waals surface area (Å²) in [6.07, 6.45) is 7.32. The van der Waals surface area contributed by atoms with Gasteiger partial charge < -0.3 is 14.2 Å². The van der Waals surface area contributed by atoms with Crippen molar-refractivity contribution in [3.05, 3.63) is 48.0 Å². The van der Waals surface area contributed by atoms with Crippen molar-refractivity contribution in [3.8, 4) is 0 Å². The minimum atomic E-state index is -0.312. The van der Waals surface area contributed by atoms with Gasteiger partial charge in [-0.15, -0.1) is 0 Å². The van der Waals surface area contributed by atoms with E-state index in [9.17, 15) is 4.79 Å². The van der Waals surface area contributed by atoms with Gasteiger partial charge in [0.15, 0.2) is 0 Å². The summed E-state index contributed by atoms with van der Waals surface area (Å²) in [6, 6.07) is 7.68. The molecule has 0 N–H and O–H groups in total. The van der Waals surface area contributed by atoms with Gasteiger partial charge in [-0.2, -0.15) is 0 Å². The van der Waals surface area contributed by atoms with Gasteiger partial charge in [-0.1, -0.05) is 0 Å². The number of hydrogen-bond donors (Lipinski definition) is 0. The van der Waals surface area contributed by atoms with Crippen LogP contribution in [0.1, 0.15) is 35.4 Å². The quantitative estimate of drug-likeness (QED) is 0.815. The predicted molar refractivity (Wildman–Crippen MR) is 84.8 cm³/mol. The fraction of sp³-hybridized carbons (Fsp3) is 0.412. The van der Waals surface area contributed by atoms with Crippen molar-refractivity contribution in [2.75, 3.05) is 18.0 Å². The van der Waals surface area contributed by atoms with Gasteiger partial charge in [-0.25, -0.2) is 9.78 Å². The summed E-state index contributed by atoms with van der Waals surface area (Å²) < 4.78 is 7.14. The molecule has 116 valence electrons. The molecule has 5 nitrogen and oxygen atoms in total. The van der Waals surface area contributed by atoms with Gasteiger partial charge in [0.1, 0.15) is 12.4 Å². The van der Waals surface area contributed by atoms with Crippen molar-refractivity contribution in [1.29, 1.82) is 0 Å². The second kappa shape index (κ2) is 6.64. The Morgan fingerprint density at radius 3 is 2.55 bits per heavy atom. The summed E-state index contributed by atoms with van der Waals surface area (Å²) in [5, 5.41) is 0. The van der Waals surface area contributed by atoms with Crippen LogP contribution in [-0.4, -0.2) is 28.6 Å². The second-order valence-electron chi connectivity index (χ2n) is 5.63. The third-order valence-electron chi connectivity index (χ3n) is 4.08. The lowest BCUT2D eigenvalue weighted by atomic mass is 10.1. The number of hydrogen-bond acceptors (Lipinski definition) is 4. The van der Waals surface area contributed by atoms with Crippen molar-refractivity contribution < 1.29 is 9.53 Å². The van der Waals surface area contributed by atoms with Crippen LogP contribution in [-0.2, 0) is 18.4 Å². The highest BCUT2D eigenvalue weighted by molar-refractivity contribution is 5.89. The zero-order chi connectivity index (χ0) is 15.4. The molecular weight excluding hydrogens is 278 g/mol. The van der Waals surface area contributed by atoms with E-state index in [1.807, 2.05) is 42.1 Å². The standard InChI is InChI=1S/C17H21N3O2/c1-19-12-9-18-16(19)13-22-17(21)14-5-7-15(8-6-14)20-10-3-2-4-11-20/h5-9,12H,2-4,10-11,13H2,1H3. The van der Waals surface area contributed by atoms with Crippen LogP contribution in [0, 0.1) is 0 Å². The van der Waals surface area contributed by atoms with Crippen molar-refractivity contribution in [1.82, 2.24) is 9.55 Å². The molecule has 5 heteroatoms. The third kappa shape index (κ3) is 3.30. The number of ether oxygens (including phenoxy) is 1. The lowest BCUT2D eigenvalue weighted by Gasteiger charge is -2.28. The first-order valence-electron chi connectivity index (χ1n) is 7.72. The summed E-state index contributed by atoms with van der Waals surface area (Å²) in [5.41, 5.74) is 1.76. The molecular formula is C17H21N3O2. The molecule has 1 aromatic carbocycles. The molecule has 0 bridgehead atoms. The Balaban J connectivity index is 1.59. The van der Waals surface area contributed by atoms with Gasteiger partial charge in [0.05, 0.1) is 5.56 Å². The number of imidazole rings is 1. The van der Waals surface area contributed by atoms with Crippen LogP contribution in [0.25, 0.3) is 0 Å². The molecule has 1 saturated heterocycles. The van der Waals surface area contributed by atoms with E-state index in [2.05, 4.69) is 9.88 Å². The number of esters is 1. The number of anilines is 1. The van der Waals surface area contributed by atoms with E-state index in [0.717, 1.165) is 18.9 Å². The summed E-state index contributed by atoms with van der Waals surface area (Å²) in [5.74, 6) is 0.423. The molecule has 1 aromatic heterocycles. The van der Waals surface area contributed by atoms with Crippen molar-refractivity contribution >= 4 is 11.7 Å². The maximum Gasteiger partial charge on any atom is 0.338 e. The van der Waals surface area contributed by atoms with E-state index < -0.39 is 0 Å². The normalized spacial score (nSPS) is 14.9. The van der Waals surface area contributed by atoms with Gasteiger partial charge in [-0.05, 0) is 43.5 Å². The third-order valence-corrected chi connectivity index (χ3v) is 4.08. The largest absolute Gasteiger partial charge is 0.454 e. The van der Waals surface area contributed by atoms with Gasteiger partial charge in [-0.3, -0.25) is 0 Å². The monoisotopic (exact) mass is 299 g/mol. The van der Waals surface area contributed by atoms with Gasteiger partial charge >= 0.3 is 5.97 Å². The van der Waals surface area contributed by atoms with Crippen molar-refractivity contribution in [2.45, 2.75) is 25.9 Å². The number of piperidine rings is 1. The Labute approximate surface area is 130 Å². The Bertz CT molecular complexity index is 628. The average molecular weight is 299 g/mol. The molecule has 2 aromatic rings. The first-order chi connectivity index (χ1) is 10.7. The molecule has 0 radical (unpaired) electrons. The topological polar surface area (TPSA) is 47.4 Å². The number of benzene rings is 1. The van der Waals surface area contributed by atoms with E-state index in [1.54, 1.807) is 6.20 Å². The summed E-state index contributed by atoms with van der Waals surface area (Å²) >= 11 is 0. The van der Waals surface area contributed by atoms with Crippen LogP contribution in [0.4, 0.5) is 5.69 Å². The smallest absolute Gasteiger partial charge is 0.338 e. The minimum absolute atomic E-state index is 0.191. The highest BCUT2D eigenvalue weighted by Gasteiger charge is 2.13. The second-order valence-corrected chi connectivity index (χ2v) is 5.63. The molecule has 2 heterocycles. The lowest BCUT2D eigenvalue weighted by molar-refractivity contribution is 0.0459. The van der Waals surface area contributed by atoms with Crippen molar-refractivity contribution in [3.63, 3.8) is 0 Å². The van der Waals surface area contributed by atoms with Crippen LogP contribution < -0.4 is 4.90 Å². The molecule has 0 atom stereocenters. The fourth-order valence-corrected chi connectivity index (χ4v) is 2.71.